The zero-order valence-electron chi connectivity index (χ0n) is 8.13. The molecule has 2 N–H and O–H groups in total. The van der Waals surface area contributed by atoms with Crippen molar-refractivity contribution in [2.24, 2.45) is 5.73 Å². The van der Waals surface area contributed by atoms with Crippen molar-refractivity contribution in [3.8, 4) is 0 Å². The predicted molar refractivity (Wildman–Crippen MR) is 53.4 cm³/mol. The minimum absolute atomic E-state index is 0.389. The molecule has 13 heavy (non-hydrogen) atoms. The van der Waals surface area contributed by atoms with Crippen LogP contribution in [-0.2, 0) is 6.42 Å². The molecule has 0 amide bonds. The summed E-state index contributed by atoms with van der Waals surface area (Å²) in [5.74, 6) is 0. The first-order valence-corrected chi connectivity index (χ1v) is 4.55. The van der Waals surface area contributed by atoms with Crippen molar-refractivity contribution < 1.29 is 4.39 Å². The molecule has 0 fully saturated rings. The van der Waals surface area contributed by atoms with Gasteiger partial charge in [0, 0.05) is 12.5 Å². The van der Waals surface area contributed by atoms with E-state index in [9.17, 15) is 4.39 Å². The van der Waals surface area contributed by atoms with E-state index in [0.717, 1.165) is 11.1 Å². The van der Waals surface area contributed by atoms with Gasteiger partial charge < -0.3 is 5.73 Å². The van der Waals surface area contributed by atoms with Gasteiger partial charge in [0.2, 0.25) is 0 Å². The van der Waals surface area contributed by atoms with E-state index >= 15 is 0 Å². The summed E-state index contributed by atoms with van der Waals surface area (Å²) in [7, 11) is 0. The van der Waals surface area contributed by atoms with Crippen LogP contribution in [0.2, 0.25) is 0 Å². The third-order valence-corrected chi connectivity index (χ3v) is 2.25. The summed E-state index contributed by atoms with van der Waals surface area (Å²) in [5, 5.41) is 0. The molecule has 2 heteroatoms. The number of halogens is 1. The lowest BCUT2D eigenvalue weighted by Gasteiger charge is -2.13. The highest BCUT2D eigenvalue weighted by atomic mass is 19.1. The van der Waals surface area contributed by atoms with E-state index in [0.29, 0.717) is 6.42 Å². The lowest BCUT2D eigenvalue weighted by Crippen LogP contribution is -2.29. The van der Waals surface area contributed by atoms with E-state index in [-0.39, 0.29) is 6.04 Å². The minimum Gasteiger partial charge on any atom is -0.325 e. The standard InChI is InChI=1S/C11H16FN/c1-8-5-3-4-6-10(8)7-11(12)9(2)13/h3-6,9,11H,7,13H2,1-2H3. The average molecular weight is 181 g/mol. The van der Waals surface area contributed by atoms with Crippen molar-refractivity contribution in [3.63, 3.8) is 0 Å². The third kappa shape index (κ3) is 2.81. The second-order valence-electron chi connectivity index (χ2n) is 3.51. The lowest BCUT2D eigenvalue weighted by molar-refractivity contribution is 0.290. The number of benzene rings is 1. The van der Waals surface area contributed by atoms with Crippen LogP contribution in [0.25, 0.3) is 0 Å². The van der Waals surface area contributed by atoms with Crippen LogP contribution in [0.15, 0.2) is 24.3 Å². The molecule has 0 aliphatic heterocycles. The van der Waals surface area contributed by atoms with Gasteiger partial charge in [-0.1, -0.05) is 24.3 Å². The molecule has 0 aliphatic carbocycles. The first kappa shape index (κ1) is 10.2. The summed E-state index contributed by atoms with van der Waals surface area (Å²) in [6.45, 7) is 3.69. The number of rotatable bonds is 3. The van der Waals surface area contributed by atoms with Gasteiger partial charge in [0.25, 0.3) is 0 Å². The molecule has 0 bridgehead atoms. The van der Waals surface area contributed by atoms with Gasteiger partial charge in [-0.3, -0.25) is 0 Å². The van der Waals surface area contributed by atoms with Gasteiger partial charge in [0.15, 0.2) is 0 Å². The highest BCUT2D eigenvalue weighted by Gasteiger charge is 2.13. The molecular formula is C11H16FN. The maximum atomic E-state index is 13.3. The van der Waals surface area contributed by atoms with Crippen LogP contribution in [0.3, 0.4) is 0 Å². The molecule has 1 aromatic rings. The molecule has 1 nitrogen and oxygen atoms in total. The van der Waals surface area contributed by atoms with Crippen molar-refractivity contribution in [2.75, 3.05) is 0 Å². The molecule has 0 spiro atoms. The highest BCUT2D eigenvalue weighted by Crippen LogP contribution is 2.12. The molecule has 72 valence electrons. The van der Waals surface area contributed by atoms with E-state index in [4.69, 9.17) is 5.73 Å². The van der Waals surface area contributed by atoms with Crippen molar-refractivity contribution in [1.29, 1.82) is 0 Å². The summed E-state index contributed by atoms with van der Waals surface area (Å²) in [4.78, 5) is 0. The summed E-state index contributed by atoms with van der Waals surface area (Å²) in [6, 6.07) is 7.43. The normalized spacial score (nSPS) is 15.4. The van der Waals surface area contributed by atoms with Crippen molar-refractivity contribution in [1.82, 2.24) is 0 Å². The Morgan fingerprint density at radius 3 is 2.54 bits per heavy atom. The van der Waals surface area contributed by atoms with Gasteiger partial charge in [0.05, 0.1) is 0 Å². The number of hydrogen-bond acceptors (Lipinski definition) is 1. The Labute approximate surface area is 78.8 Å². The molecule has 0 saturated heterocycles. The third-order valence-electron chi connectivity index (χ3n) is 2.25. The lowest BCUT2D eigenvalue weighted by atomic mass is 10.0. The van der Waals surface area contributed by atoms with Crippen LogP contribution in [0.1, 0.15) is 18.1 Å². The highest BCUT2D eigenvalue weighted by molar-refractivity contribution is 5.26. The predicted octanol–water partition coefficient (Wildman–Crippen LogP) is 2.22. The van der Waals surface area contributed by atoms with E-state index in [2.05, 4.69) is 0 Å². The van der Waals surface area contributed by atoms with Gasteiger partial charge in [-0.25, -0.2) is 4.39 Å². The van der Waals surface area contributed by atoms with Crippen LogP contribution in [-0.4, -0.2) is 12.2 Å². The molecule has 0 saturated carbocycles. The molecule has 2 unspecified atom stereocenters. The van der Waals surface area contributed by atoms with Gasteiger partial charge in [-0.05, 0) is 25.0 Å². The first-order chi connectivity index (χ1) is 6.11. The van der Waals surface area contributed by atoms with E-state index in [1.807, 2.05) is 31.2 Å². The fourth-order valence-electron chi connectivity index (χ4n) is 1.24. The molecule has 2 atom stereocenters. The van der Waals surface area contributed by atoms with Crippen LogP contribution in [0.4, 0.5) is 4.39 Å². The Kier molecular flexibility index (Phi) is 3.43. The Hall–Kier alpha value is -0.890. The Bertz CT molecular complexity index is 271. The maximum absolute atomic E-state index is 13.3. The second-order valence-corrected chi connectivity index (χ2v) is 3.51. The van der Waals surface area contributed by atoms with Crippen LogP contribution < -0.4 is 5.73 Å². The number of nitrogens with two attached hydrogens (primary N) is 1. The van der Waals surface area contributed by atoms with Crippen LogP contribution >= 0.6 is 0 Å². The molecule has 0 heterocycles. The van der Waals surface area contributed by atoms with E-state index < -0.39 is 6.17 Å². The SMILES string of the molecule is Cc1ccccc1CC(F)C(C)N. The largest absolute Gasteiger partial charge is 0.325 e. The van der Waals surface area contributed by atoms with Crippen molar-refractivity contribution in [2.45, 2.75) is 32.5 Å². The molecule has 0 aliphatic rings. The topological polar surface area (TPSA) is 26.0 Å². The van der Waals surface area contributed by atoms with Crippen molar-refractivity contribution >= 4 is 0 Å². The molecule has 0 radical (unpaired) electrons. The molecule has 0 aromatic heterocycles. The second kappa shape index (κ2) is 4.38. The summed E-state index contributed by atoms with van der Waals surface area (Å²) in [5.41, 5.74) is 7.64. The smallest absolute Gasteiger partial charge is 0.119 e. The maximum Gasteiger partial charge on any atom is 0.119 e. The van der Waals surface area contributed by atoms with Crippen LogP contribution in [0, 0.1) is 6.92 Å². The molecule has 1 aromatic carbocycles. The van der Waals surface area contributed by atoms with Gasteiger partial charge in [-0.15, -0.1) is 0 Å². The fraction of sp³-hybridized carbons (Fsp3) is 0.455. The quantitative estimate of drug-likeness (QED) is 0.760. The summed E-state index contributed by atoms with van der Waals surface area (Å²) >= 11 is 0. The fourth-order valence-corrected chi connectivity index (χ4v) is 1.24. The summed E-state index contributed by atoms with van der Waals surface area (Å²) < 4.78 is 13.3. The number of hydrogen-bond donors (Lipinski definition) is 1. The summed E-state index contributed by atoms with van der Waals surface area (Å²) in [6.07, 6.45) is -0.522. The van der Waals surface area contributed by atoms with E-state index in [1.54, 1.807) is 6.92 Å². The monoisotopic (exact) mass is 181 g/mol. The van der Waals surface area contributed by atoms with E-state index in [1.165, 1.54) is 0 Å². The van der Waals surface area contributed by atoms with Gasteiger partial charge >= 0.3 is 0 Å². The van der Waals surface area contributed by atoms with Crippen LogP contribution in [0.5, 0.6) is 0 Å². The van der Waals surface area contributed by atoms with Gasteiger partial charge in [0.1, 0.15) is 6.17 Å². The zero-order chi connectivity index (χ0) is 9.84. The Morgan fingerprint density at radius 2 is 2.00 bits per heavy atom. The molecule has 1 rings (SSSR count). The van der Waals surface area contributed by atoms with Crippen molar-refractivity contribution in [3.05, 3.63) is 35.4 Å². The Morgan fingerprint density at radius 1 is 1.38 bits per heavy atom. The number of aryl methyl sites for hydroxylation is 1. The molecular weight excluding hydrogens is 165 g/mol. The number of alkyl halides is 1. The Balaban J connectivity index is 2.69. The first-order valence-electron chi connectivity index (χ1n) is 4.55. The van der Waals surface area contributed by atoms with Gasteiger partial charge in [-0.2, -0.15) is 0 Å². The minimum atomic E-state index is -0.943. The zero-order valence-corrected chi connectivity index (χ0v) is 8.13. The average Bonchev–Trinajstić information content (AvgIpc) is 2.08.